The molecule has 0 radical (unpaired) electrons. The Labute approximate surface area is 105 Å². The Bertz CT molecular complexity index is 746. The molecule has 0 nitrogen and oxygen atoms in total. The highest BCUT2D eigenvalue weighted by molar-refractivity contribution is 7.28. The van der Waals surface area contributed by atoms with E-state index in [1.165, 1.54) is 35.1 Å². The van der Waals surface area contributed by atoms with E-state index in [1.807, 2.05) is 34.0 Å². The lowest BCUT2D eigenvalue weighted by Gasteiger charge is -1.96. The van der Waals surface area contributed by atoms with Gasteiger partial charge in [0.05, 0.1) is 9.40 Å². The average molecular weight is 260 g/mol. The van der Waals surface area contributed by atoms with Crippen molar-refractivity contribution in [3.05, 3.63) is 33.8 Å². The van der Waals surface area contributed by atoms with Crippen LogP contribution in [0.4, 0.5) is 0 Å². The van der Waals surface area contributed by atoms with E-state index in [4.69, 9.17) is 0 Å². The fourth-order valence-electron chi connectivity index (χ4n) is 2.28. The number of hydrogen-bond donors (Lipinski definition) is 0. The molecule has 4 aromatic rings. The predicted molar refractivity (Wildman–Crippen MR) is 77.3 cm³/mol. The van der Waals surface area contributed by atoms with Crippen LogP contribution in [-0.4, -0.2) is 0 Å². The van der Waals surface area contributed by atoms with Crippen molar-refractivity contribution in [2.45, 2.75) is 6.92 Å². The van der Waals surface area contributed by atoms with Crippen LogP contribution in [0.5, 0.6) is 0 Å². The van der Waals surface area contributed by atoms with Crippen molar-refractivity contribution in [3.8, 4) is 0 Å². The van der Waals surface area contributed by atoms with E-state index in [1.54, 1.807) is 0 Å². The van der Waals surface area contributed by atoms with Crippen LogP contribution in [-0.2, 0) is 0 Å². The summed E-state index contributed by atoms with van der Waals surface area (Å²) in [6.45, 7) is 2.20. The van der Waals surface area contributed by atoms with Gasteiger partial charge in [-0.15, -0.1) is 34.0 Å². The highest BCUT2D eigenvalue weighted by atomic mass is 32.1. The van der Waals surface area contributed by atoms with E-state index in [-0.39, 0.29) is 0 Å². The fraction of sp³-hybridized carbons (Fsp3) is 0.0769. The summed E-state index contributed by atoms with van der Waals surface area (Å²) in [5.41, 5.74) is 0. The number of benzene rings is 1. The van der Waals surface area contributed by atoms with E-state index in [0.29, 0.717) is 0 Å². The lowest BCUT2D eigenvalue weighted by atomic mass is 10.1. The summed E-state index contributed by atoms with van der Waals surface area (Å²) in [4.78, 5) is 1.41. The minimum atomic E-state index is 1.41. The maximum Gasteiger partial charge on any atom is 0.0535 e. The Morgan fingerprint density at radius 2 is 1.56 bits per heavy atom. The molecule has 0 unspecified atom stereocenters. The largest absolute Gasteiger partial charge is 0.143 e. The summed E-state index contributed by atoms with van der Waals surface area (Å²) in [6, 6.07) is 6.84. The number of thiophene rings is 3. The van der Waals surface area contributed by atoms with Crippen molar-refractivity contribution in [2.24, 2.45) is 0 Å². The molecule has 0 fully saturated rings. The molecule has 0 amide bonds. The monoisotopic (exact) mass is 260 g/mol. The van der Waals surface area contributed by atoms with Gasteiger partial charge in [0.2, 0.25) is 0 Å². The van der Waals surface area contributed by atoms with Crippen LogP contribution in [0, 0.1) is 6.92 Å². The van der Waals surface area contributed by atoms with Crippen molar-refractivity contribution in [1.82, 2.24) is 0 Å². The third kappa shape index (κ3) is 1.03. The van der Waals surface area contributed by atoms with Gasteiger partial charge in [-0.05, 0) is 35.9 Å². The molecular formula is C13H8S3. The Morgan fingerprint density at radius 1 is 0.812 bits per heavy atom. The highest BCUT2D eigenvalue weighted by Crippen LogP contribution is 2.43. The molecule has 3 aromatic heterocycles. The van der Waals surface area contributed by atoms with Gasteiger partial charge in [-0.2, -0.15) is 0 Å². The first kappa shape index (κ1) is 9.16. The first-order valence-corrected chi connectivity index (χ1v) is 7.69. The predicted octanol–water partition coefficient (Wildman–Crippen LogP) is 5.64. The molecule has 0 aliphatic rings. The van der Waals surface area contributed by atoms with E-state index >= 15 is 0 Å². The molecule has 0 saturated carbocycles. The van der Waals surface area contributed by atoms with E-state index in [9.17, 15) is 0 Å². The molecule has 1 aromatic carbocycles. The van der Waals surface area contributed by atoms with Crippen molar-refractivity contribution in [1.29, 1.82) is 0 Å². The van der Waals surface area contributed by atoms with Gasteiger partial charge in [-0.25, -0.2) is 0 Å². The third-order valence-electron chi connectivity index (χ3n) is 2.93. The van der Waals surface area contributed by atoms with Crippen LogP contribution in [0.2, 0.25) is 0 Å². The maximum absolute atomic E-state index is 2.33. The van der Waals surface area contributed by atoms with E-state index in [0.717, 1.165) is 0 Å². The van der Waals surface area contributed by atoms with Crippen molar-refractivity contribution < 1.29 is 0 Å². The normalized spacial score (nSPS) is 12.1. The molecule has 16 heavy (non-hydrogen) atoms. The summed E-state index contributed by atoms with van der Waals surface area (Å²) in [7, 11) is 0. The maximum atomic E-state index is 2.33. The molecule has 0 N–H and O–H groups in total. The summed E-state index contributed by atoms with van der Waals surface area (Å²) in [5, 5.41) is 8.71. The Kier molecular flexibility index (Phi) is 1.76. The van der Waals surface area contributed by atoms with Gasteiger partial charge < -0.3 is 0 Å². The molecule has 0 aliphatic carbocycles. The molecule has 0 bridgehead atoms. The van der Waals surface area contributed by atoms with Gasteiger partial charge in [0.1, 0.15) is 0 Å². The van der Waals surface area contributed by atoms with Crippen LogP contribution in [0.3, 0.4) is 0 Å². The molecule has 0 saturated heterocycles. The minimum absolute atomic E-state index is 1.41. The molecule has 3 heterocycles. The number of aryl methyl sites for hydroxylation is 1. The molecule has 0 atom stereocenters. The summed E-state index contributed by atoms with van der Waals surface area (Å²) in [5.74, 6) is 0. The quantitative estimate of drug-likeness (QED) is 0.384. The first-order valence-electron chi connectivity index (χ1n) is 5.11. The lowest BCUT2D eigenvalue weighted by molar-refractivity contribution is 1.66. The molecule has 4 rings (SSSR count). The highest BCUT2D eigenvalue weighted by Gasteiger charge is 2.12. The number of fused-ring (bicyclic) bond motifs is 6. The SMILES string of the molecule is Cc1cc2c3ccsc3c3ccsc3c2s1. The van der Waals surface area contributed by atoms with Gasteiger partial charge in [-0.1, -0.05) is 0 Å². The zero-order chi connectivity index (χ0) is 10.7. The number of hydrogen-bond acceptors (Lipinski definition) is 3. The zero-order valence-electron chi connectivity index (χ0n) is 8.61. The van der Waals surface area contributed by atoms with E-state index < -0.39 is 0 Å². The smallest absolute Gasteiger partial charge is 0.0535 e. The molecule has 78 valence electrons. The van der Waals surface area contributed by atoms with Crippen LogP contribution < -0.4 is 0 Å². The second kappa shape index (κ2) is 3.06. The van der Waals surface area contributed by atoms with Gasteiger partial charge in [0.25, 0.3) is 0 Å². The zero-order valence-corrected chi connectivity index (χ0v) is 11.1. The topological polar surface area (TPSA) is 0 Å². The molecule has 3 heteroatoms. The van der Waals surface area contributed by atoms with Gasteiger partial charge in [-0.3, -0.25) is 0 Å². The fourth-order valence-corrected chi connectivity index (χ4v) is 5.39. The first-order chi connectivity index (χ1) is 7.84. The van der Waals surface area contributed by atoms with Crippen LogP contribution in [0.25, 0.3) is 30.3 Å². The van der Waals surface area contributed by atoms with Crippen molar-refractivity contribution >= 4 is 64.3 Å². The van der Waals surface area contributed by atoms with Gasteiger partial charge in [0.15, 0.2) is 0 Å². The second-order valence-corrected chi connectivity index (χ2v) is 7.02. The standard InChI is InChI=1S/C13H8S3/c1-7-6-10-8-2-4-14-11(8)9-3-5-15-12(9)13(10)16-7/h2-6H,1H3. The second-order valence-electron chi connectivity index (χ2n) is 3.93. The lowest BCUT2D eigenvalue weighted by Crippen LogP contribution is -1.67. The average Bonchev–Trinajstić information content (AvgIpc) is 2.91. The number of rotatable bonds is 0. The molecule has 0 spiro atoms. The van der Waals surface area contributed by atoms with Gasteiger partial charge in [0, 0.05) is 25.7 Å². The molecular weight excluding hydrogens is 252 g/mol. The minimum Gasteiger partial charge on any atom is -0.143 e. The van der Waals surface area contributed by atoms with Crippen LogP contribution in [0.1, 0.15) is 4.88 Å². The van der Waals surface area contributed by atoms with Crippen molar-refractivity contribution in [3.63, 3.8) is 0 Å². The van der Waals surface area contributed by atoms with E-state index in [2.05, 4.69) is 35.9 Å². The molecule has 0 aliphatic heterocycles. The Hall–Kier alpha value is -0.900. The summed E-state index contributed by atoms with van der Waals surface area (Å²) in [6.07, 6.45) is 0. The Balaban J connectivity index is 2.50. The summed E-state index contributed by atoms with van der Waals surface area (Å²) < 4.78 is 4.37. The van der Waals surface area contributed by atoms with Gasteiger partial charge >= 0.3 is 0 Å². The third-order valence-corrected chi connectivity index (χ3v) is 6.00. The van der Waals surface area contributed by atoms with Crippen LogP contribution >= 0.6 is 34.0 Å². The Morgan fingerprint density at radius 3 is 2.44 bits per heavy atom. The summed E-state index contributed by atoms with van der Waals surface area (Å²) >= 11 is 5.64. The van der Waals surface area contributed by atoms with Crippen molar-refractivity contribution in [2.75, 3.05) is 0 Å². The van der Waals surface area contributed by atoms with Crippen LogP contribution in [0.15, 0.2) is 29.0 Å².